The molecule has 3 amide bonds. The number of hydrogen-bond donors (Lipinski definition) is 2. The van der Waals surface area contributed by atoms with Crippen LogP contribution in [0.2, 0.25) is 0 Å². The van der Waals surface area contributed by atoms with Crippen LogP contribution in [0.4, 0.5) is 14.9 Å². The molecule has 1 spiro atoms. The number of urea groups is 1. The fraction of sp³-hybridized carbons (Fsp3) is 0.529. The van der Waals surface area contributed by atoms with Gasteiger partial charge in [-0.05, 0) is 49.1 Å². The van der Waals surface area contributed by atoms with E-state index in [-0.39, 0.29) is 36.9 Å². The van der Waals surface area contributed by atoms with Crippen LogP contribution in [0.25, 0.3) is 0 Å². The summed E-state index contributed by atoms with van der Waals surface area (Å²) in [5, 5.41) is 5.70. The Hall–Kier alpha value is -2.15. The number of rotatable bonds is 3. The predicted molar refractivity (Wildman–Crippen MR) is 86.9 cm³/mol. The van der Waals surface area contributed by atoms with E-state index in [4.69, 9.17) is 0 Å². The lowest BCUT2D eigenvalue weighted by molar-refractivity contribution is -0.126. The topological polar surface area (TPSA) is 64.7 Å². The molecule has 1 aromatic rings. The van der Waals surface area contributed by atoms with Gasteiger partial charge in [0.15, 0.2) is 0 Å². The van der Waals surface area contributed by atoms with Crippen LogP contribution < -0.4 is 10.6 Å². The Morgan fingerprint density at radius 2 is 2.17 bits per heavy atom. The normalized spacial score (nSPS) is 22.4. The number of amides is 3. The number of nitrogens with one attached hydrogen (secondary N) is 2. The van der Waals surface area contributed by atoms with Gasteiger partial charge in [0.2, 0.25) is 5.91 Å². The second-order valence-corrected chi connectivity index (χ2v) is 7.43. The Morgan fingerprint density at radius 1 is 1.42 bits per heavy atom. The predicted octanol–water partition coefficient (Wildman–Crippen LogP) is 1.38. The highest BCUT2D eigenvalue weighted by molar-refractivity contribution is 5.94. The van der Waals surface area contributed by atoms with Crippen molar-refractivity contribution in [2.75, 3.05) is 32.0 Å². The highest BCUT2D eigenvalue weighted by Crippen LogP contribution is 2.47. The molecule has 1 saturated carbocycles. The summed E-state index contributed by atoms with van der Waals surface area (Å²) in [4.78, 5) is 28.0. The number of anilines is 1. The summed E-state index contributed by atoms with van der Waals surface area (Å²) in [6, 6.07) is 4.14. The summed E-state index contributed by atoms with van der Waals surface area (Å²) in [6.07, 6.45) is 2.03. The third-order valence-corrected chi connectivity index (χ3v) is 5.23. The lowest BCUT2D eigenvalue weighted by Gasteiger charge is -2.58. The molecule has 6 nitrogen and oxygen atoms in total. The number of likely N-dealkylation sites (tertiary alicyclic amines) is 1. The lowest BCUT2D eigenvalue weighted by atomic mass is 9.61. The molecule has 2 N–H and O–H groups in total. The Labute approximate surface area is 140 Å². The van der Waals surface area contributed by atoms with Gasteiger partial charge in [0.25, 0.3) is 0 Å². The van der Waals surface area contributed by atoms with Crippen molar-refractivity contribution < 1.29 is 14.0 Å². The number of hydrogen-bond acceptors (Lipinski definition) is 3. The second-order valence-electron chi connectivity index (χ2n) is 7.43. The monoisotopic (exact) mass is 332 g/mol. The highest BCUT2D eigenvalue weighted by Gasteiger charge is 2.51. The minimum absolute atomic E-state index is 0.00874. The second kappa shape index (κ2) is 5.44. The molecule has 2 aliphatic heterocycles. The van der Waals surface area contributed by atoms with Crippen molar-refractivity contribution >= 4 is 17.6 Å². The summed E-state index contributed by atoms with van der Waals surface area (Å²) in [7, 11) is 2.10. The van der Waals surface area contributed by atoms with Crippen LogP contribution in [0.15, 0.2) is 18.2 Å². The van der Waals surface area contributed by atoms with E-state index in [0.717, 1.165) is 25.9 Å². The minimum Gasteiger partial charge on any atom is -0.352 e. The molecular formula is C17H21FN4O2. The van der Waals surface area contributed by atoms with E-state index in [2.05, 4.69) is 22.6 Å². The van der Waals surface area contributed by atoms with Crippen LogP contribution in [0, 0.1) is 11.2 Å². The van der Waals surface area contributed by atoms with E-state index < -0.39 is 0 Å². The van der Waals surface area contributed by atoms with E-state index in [1.165, 1.54) is 17.0 Å². The van der Waals surface area contributed by atoms with Gasteiger partial charge in [0.05, 0.1) is 6.54 Å². The quantitative estimate of drug-likeness (QED) is 0.879. The number of carbonyl (C=O) groups excluding carboxylic acids is 2. The first-order chi connectivity index (χ1) is 11.4. The number of fused-ring (bicyclic) bond motifs is 1. The molecule has 1 aliphatic carbocycles. The van der Waals surface area contributed by atoms with Gasteiger partial charge in [-0.1, -0.05) is 0 Å². The van der Waals surface area contributed by atoms with Gasteiger partial charge >= 0.3 is 6.03 Å². The Bertz CT molecular complexity index is 694. The lowest BCUT2D eigenvalue weighted by Crippen LogP contribution is -2.65. The van der Waals surface area contributed by atoms with Crippen molar-refractivity contribution in [3.63, 3.8) is 0 Å². The highest BCUT2D eigenvalue weighted by atomic mass is 19.1. The first-order valence-electron chi connectivity index (χ1n) is 8.25. The van der Waals surface area contributed by atoms with Gasteiger partial charge in [0.1, 0.15) is 12.4 Å². The average molecular weight is 332 g/mol. The Kier molecular flexibility index (Phi) is 3.49. The first kappa shape index (κ1) is 15.4. The first-order valence-corrected chi connectivity index (χ1v) is 8.25. The van der Waals surface area contributed by atoms with E-state index in [1.807, 2.05) is 0 Å². The van der Waals surface area contributed by atoms with Gasteiger partial charge < -0.3 is 20.4 Å². The van der Waals surface area contributed by atoms with E-state index in [1.54, 1.807) is 6.07 Å². The summed E-state index contributed by atoms with van der Waals surface area (Å²) >= 11 is 0. The van der Waals surface area contributed by atoms with Crippen molar-refractivity contribution in [3.05, 3.63) is 29.6 Å². The van der Waals surface area contributed by atoms with Crippen LogP contribution in [0.5, 0.6) is 0 Å². The maximum atomic E-state index is 13.3. The smallest absolute Gasteiger partial charge is 0.322 e. The fourth-order valence-corrected chi connectivity index (χ4v) is 4.31. The number of nitrogens with zero attached hydrogens (tertiary/aromatic N) is 2. The summed E-state index contributed by atoms with van der Waals surface area (Å²) < 4.78 is 13.3. The zero-order valence-electron chi connectivity index (χ0n) is 13.6. The zero-order valence-corrected chi connectivity index (χ0v) is 13.6. The van der Waals surface area contributed by atoms with Crippen molar-refractivity contribution in [2.45, 2.75) is 25.4 Å². The van der Waals surface area contributed by atoms with Gasteiger partial charge in [-0.3, -0.25) is 4.79 Å². The van der Waals surface area contributed by atoms with Gasteiger partial charge in [-0.25, -0.2) is 9.18 Å². The summed E-state index contributed by atoms with van der Waals surface area (Å²) in [6.45, 7) is 2.45. The molecule has 2 heterocycles. The molecular weight excluding hydrogens is 311 g/mol. The molecule has 2 fully saturated rings. The fourth-order valence-electron chi connectivity index (χ4n) is 4.31. The molecule has 4 rings (SSSR count). The zero-order chi connectivity index (χ0) is 16.9. The number of benzene rings is 1. The molecule has 3 aliphatic rings. The van der Waals surface area contributed by atoms with Crippen molar-refractivity contribution in [3.8, 4) is 0 Å². The molecule has 128 valence electrons. The summed E-state index contributed by atoms with van der Waals surface area (Å²) in [5.74, 6) is -0.503. The minimum atomic E-state index is -0.348. The molecule has 24 heavy (non-hydrogen) atoms. The third-order valence-electron chi connectivity index (χ3n) is 5.23. The Morgan fingerprint density at radius 3 is 2.88 bits per heavy atom. The van der Waals surface area contributed by atoms with Crippen LogP contribution in [-0.4, -0.2) is 54.5 Å². The van der Waals surface area contributed by atoms with Gasteiger partial charge in [-0.2, -0.15) is 0 Å². The summed E-state index contributed by atoms with van der Waals surface area (Å²) in [5.41, 5.74) is 1.70. The van der Waals surface area contributed by atoms with Crippen LogP contribution in [0.3, 0.4) is 0 Å². The molecule has 7 heteroatoms. The van der Waals surface area contributed by atoms with Gasteiger partial charge in [-0.15, -0.1) is 0 Å². The van der Waals surface area contributed by atoms with E-state index in [0.29, 0.717) is 16.7 Å². The number of halogens is 1. The molecule has 0 radical (unpaired) electrons. The third kappa shape index (κ3) is 2.73. The van der Waals surface area contributed by atoms with E-state index >= 15 is 0 Å². The number of carbonyl (C=O) groups is 2. The standard InChI is InChI=1S/C17H21FN4O2/c1-21-9-17(10-21)5-13(6-17)19-15(23)8-22-7-11-4-12(18)2-3-14(11)20-16(22)24/h2-4,13H,5-10H2,1H3,(H,19,23)(H,20,24). The van der Waals surface area contributed by atoms with Crippen molar-refractivity contribution in [1.82, 2.24) is 15.1 Å². The SMILES string of the molecule is CN1CC2(CC(NC(=O)CN3Cc4cc(F)ccc4NC3=O)C2)C1. The molecule has 0 bridgehead atoms. The molecule has 0 unspecified atom stereocenters. The Balaban J connectivity index is 1.31. The molecule has 0 aromatic heterocycles. The maximum absolute atomic E-state index is 13.3. The van der Waals surface area contributed by atoms with Gasteiger partial charge in [0, 0.05) is 24.8 Å². The van der Waals surface area contributed by atoms with Crippen LogP contribution in [-0.2, 0) is 11.3 Å². The molecule has 1 saturated heterocycles. The average Bonchev–Trinajstić information content (AvgIpc) is 2.45. The maximum Gasteiger partial charge on any atom is 0.322 e. The largest absolute Gasteiger partial charge is 0.352 e. The van der Waals surface area contributed by atoms with Crippen molar-refractivity contribution in [2.24, 2.45) is 5.41 Å². The van der Waals surface area contributed by atoms with Crippen LogP contribution >= 0.6 is 0 Å². The van der Waals surface area contributed by atoms with Crippen LogP contribution in [0.1, 0.15) is 18.4 Å². The molecule has 1 aromatic carbocycles. The van der Waals surface area contributed by atoms with Crippen molar-refractivity contribution in [1.29, 1.82) is 0 Å². The molecule has 0 atom stereocenters. The van der Waals surface area contributed by atoms with E-state index in [9.17, 15) is 14.0 Å².